The molecule has 0 aromatic rings. The summed E-state index contributed by atoms with van der Waals surface area (Å²) in [6.07, 6.45) is 0.225. The average molecular weight is 111 g/mol. The van der Waals surface area contributed by atoms with E-state index in [2.05, 4.69) is 5.32 Å². The van der Waals surface area contributed by atoms with Crippen molar-refractivity contribution in [1.29, 1.82) is 0 Å². The summed E-state index contributed by atoms with van der Waals surface area (Å²) in [5.41, 5.74) is 0. The van der Waals surface area contributed by atoms with Gasteiger partial charge in [-0.15, -0.1) is 0 Å². The summed E-state index contributed by atoms with van der Waals surface area (Å²) in [7, 11) is 4.76. The van der Waals surface area contributed by atoms with Gasteiger partial charge in [0, 0.05) is 6.54 Å². The fraction of sp³-hybridized carbons (Fsp3) is 0.750. The highest BCUT2D eigenvalue weighted by atomic mass is 16.6. The van der Waals surface area contributed by atoms with Gasteiger partial charge in [0.25, 0.3) is 0 Å². The van der Waals surface area contributed by atoms with Crippen molar-refractivity contribution in [3.63, 3.8) is 0 Å². The zero-order valence-electron chi connectivity index (χ0n) is 4.39. The third kappa shape index (κ3) is 1.98. The number of nitrogens with one attached hydrogen (secondary N) is 1. The number of hydrogen-bond acceptors (Lipinski definition) is 2. The van der Waals surface area contributed by atoms with Crippen molar-refractivity contribution in [2.45, 2.75) is 6.10 Å². The van der Waals surface area contributed by atoms with Gasteiger partial charge in [-0.1, -0.05) is 0 Å². The number of epoxide rings is 1. The van der Waals surface area contributed by atoms with E-state index >= 15 is 0 Å². The molecular weight excluding hydrogens is 105 g/mol. The first-order valence-corrected chi connectivity index (χ1v) is 2.44. The van der Waals surface area contributed by atoms with E-state index in [1.807, 2.05) is 0 Å². The van der Waals surface area contributed by atoms with Crippen molar-refractivity contribution in [3.05, 3.63) is 0 Å². The molecule has 0 spiro atoms. The lowest BCUT2D eigenvalue weighted by Crippen LogP contribution is -2.25. The molecule has 0 unspecified atom stereocenters. The Morgan fingerprint density at radius 3 is 3.00 bits per heavy atom. The standard InChI is InChI=1S/C4H6BNO2/c5-4(7)6-1-3-2-8-3/h3H,1-2H2,(H,6,7)/t3-/m0/s1. The van der Waals surface area contributed by atoms with Crippen LogP contribution in [0.3, 0.4) is 0 Å². The Balaban J connectivity index is 1.95. The molecular formula is C4H6BNO2. The molecule has 1 rings (SSSR count). The molecule has 0 aromatic heterocycles. The molecule has 1 amide bonds. The summed E-state index contributed by atoms with van der Waals surface area (Å²) in [4.78, 5) is 9.99. The number of carbonyl (C=O) groups is 1. The molecule has 3 nitrogen and oxygen atoms in total. The second-order valence-corrected chi connectivity index (χ2v) is 1.70. The first-order chi connectivity index (χ1) is 3.79. The fourth-order valence-electron chi connectivity index (χ4n) is 0.400. The van der Waals surface area contributed by atoms with Gasteiger partial charge in [0.05, 0.1) is 12.7 Å². The topological polar surface area (TPSA) is 41.6 Å². The van der Waals surface area contributed by atoms with Crippen LogP contribution in [0.5, 0.6) is 0 Å². The van der Waals surface area contributed by atoms with Gasteiger partial charge in [-0.3, -0.25) is 4.79 Å². The first kappa shape index (κ1) is 5.63. The summed E-state index contributed by atoms with van der Waals surface area (Å²) in [5, 5.41) is 2.42. The maximum atomic E-state index is 9.99. The molecule has 0 saturated carbocycles. The lowest BCUT2D eigenvalue weighted by atomic mass is 10.1. The first-order valence-electron chi connectivity index (χ1n) is 2.44. The van der Waals surface area contributed by atoms with E-state index in [1.165, 1.54) is 0 Å². The molecule has 42 valence electrons. The average Bonchev–Trinajstić information content (AvgIpc) is 2.41. The van der Waals surface area contributed by atoms with Crippen LogP contribution in [0.2, 0.25) is 0 Å². The largest absolute Gasteiger partial charge is 0.371 e. The van der Waals surface area contributed by atoms with Crippen LogP contribution in [0.4, 0.5) is 4.79 Å². The molecule has 8 heavy (non-hydrogen) atoms. The summed E-state index contributed by atoms with van der Waals surface area (Å²) in [5.74, 6) is -0.486. The Morgan fingerprint density at radius 2 is 2.62 bits per heavy atom. The van der Waals surface area contributed by atoms with Crippen LogP contribution in [0.15, 0.2) is 0 Å². The summed E-state index contributed by atoms with van der Waals surface area (Å²) >= 11 is 0. The van der Waals surface area contributed by atoms with Gasteiger partial charge >= 0.3 is 0 Å². The van der Waals surface area contributed by atoms with Gasteiger partial charge in [0.1, 0.15) is 0 Å². The van der Waals surface area contributed by atoms with Crippen LogP contribution in [0, 0.1) is 0 Å². The Labute approximate surface area is 48.8 Å². The highest BCUT2D eigenvalue weighted by Crippen LogP contribution is 2.05. The Kier molecular flexibility index (Phi) is 1.53. The van der Waals surface area contributed by atoms with Crippen LogP contribution in [0.1, 0.15) is 0 Å². The molecule has 0 bridgehead atoms. The van der Waals surface area contributed by atoms with Crippen molar-refractivity contribution >= 4 is 13.7 Å². The molecule has 1 aliphatic rings. The maximum Gasteiger partial charge on any atom is 0.200 e. The van der Waals surface area contributed by atoms with Crippen LogP contribution in [-0.2, 0) is 4.74 Å². The molecule has 0 aromatic carbocycles. The Morgan fingerprint density at radius 1 is 2.00 bits per heavy atom. The minimum Gasteiger partial charge on any atom is -0.371 e. The van der Waals surface area contributed by atoms with Crippen molar-refractivity contribution in [1.82, 2.24) is 5.32 Å². The molecule has 1 fully saturated rings. The van der Waals surface area contributed by atoms with E-state index in [0.717, 1.165) is 6.61 Å². The van der Waals surface area contributed by atoms with E-state index in [9.17, 15) is 4.79 Å². The van der Waals surface area contributed by atoms with E-state index in [4.69, 9.17) is 12.6 Å². The van der Waals surface area contributed by atoms with Crippen molar-refractivity contribution < 1.29 is 9.53 Å². The SMILES string of the molecule is [B]C(=O)NC[C@H]1CO1. The monoisotopic (exact) mass is 111 g/mol. The third-order valence-electron chi connectivity index (χ3n) is 0.906. The van der Waals surface area contributed by atoms with Crippen LogP contribution in [0.25, 0.3) is 0 Å². The quantitative estimate of drug-likeness (QED) is 0.376. The van der Waals surface area contributed by atoms with Gasteiger partial charge in [0.15, 0.2) is 13.7 Å². The van der Waals surface area contributed by atoms with Gasteiger partial charge < -0.3 is 10.1 Å². The van der Waals surface area contributed by atoms with Gasteiger partial charge in [-0.25, -0.2) is 0 Å². The highest BCUT2D eigenvalue weighted by Gasteiger charge is 2.21. The Hall–Kier alpha value is -0.505. The molecule has 0 aliphatic carbocycles. The van der Waals surface area contributed by atoms with Gasteiger partial charge in [0.2, 0.25) is 0 Å². The Bertz CT molecular complexity index is 102. The second kappa shape index (κ2) is 2.18. The van der Waals surface area contributed by atoms with Crippen molar-refractivity contribution in [2.75, 3.05) is 13.2 Å². The molecule has 2 radical (unpaired) electrons. The van der Waals surface area contributed by atoms with E-state index in [0.29, 0.717) is 6.54 Å². The lowest BCUT2D eigenvalue weighted by molar-refractivity contribution is 0.258. The number of rotatable bonds is 2. The smallest absolute Gasteiger partial charge is 0.200 e. The summed E-state index contributed by atoms with van der Waals surface area (Å²) in [6, 6.07) is 0. The molecule has 1 saturated heterocycles. The molecule has 4 heteroatoms. The third-order valence-corrected chi connectivity index (χ3v) is 0.906. The number of hydrogen-bond donors (Lipinski definition) is 1. The minimum absolute atomic E-state index is 0.225. The summed E-state index contributed by atoms with van der Waals surface area (Å²) < 4.78 is 4.79. The zero-order chi connectivity index (χ0) is 5.98. The van der Waals surface area contributed by atoms with Crippen LogP contribution >= 0.6 is 0 Å². The van der Waals surface area contributed by atoms with Crippen LogP contribution < -0.4 is 5.32 Å². The maximum absolute atomic E-state index is 9.99. The van der Waals surface area contributed by atoms with Crippen LogP contribution in [-0.4, -0.2) is 32.9 Å². The normalized spacial score (nSPS) is 24.8. The number of amides is 1. The second-order valence-electron chi connectivity index (χ2n) is 1.70. The fourth-order valence-corrected chi connectivity index (χ4v) is 0.400. The summed E-state index contributed by atoms with van der Waals surface area (Å²) in [6.45, 7) is 1.30. The predicted octanol–water partition coefficient (Wildman–Crippen LogP) is -0.737. The lowest BCUT2D eigenvalue weighted by Gasteiger charge is -1.94. The van der Waals surface area contributed by atoms with E-state index < -0.39 is 5.81 Å². The number of carbonyl (C=O) groups excluding carboxylic acids is 1. The number of ether oxygens (including phenoxy) is 1. The van der Waals surface area contributed by atoms with Crippen molar-refractivity contribution in [2.24, 2.45) is 0 Å². The molecule has 1 aliphatic heterocycles. The predicted molar refractivity (Wildman–Crippen MR) is 28.9 cm³/mol. The minimum atomic E-state index is -0.486. The van der Waals surface area contributed by atoms with Gasteiger partial charge in [-0.2, -0.15) is 0 Å². The molecule has 1 heterocycles. The zero-order valence-corrected chi connectivity index (χ0v) is 4.39. The van der Waals surface area contributed by atoms with E-state index in [1.54, 1.807) is 0 Å². The van der Waals surface area contributed by atoms with Crippen molar-refractivity contribution in [3.8, 4) is 0 Å². The van der Waals surface area contributed by atoms with E-state index in [-0.39, 0.29) is 6.10 Å². The van der Waals surface area contributed by atoms with Gasteiger partial charge in [-0.05, 0) is 0 Å². The molecule has 1 N–H and O–H groups in total. The highest BCUT2D eigenvalue weighted by molar-refractivity contribution is 6.57. The molecule has 1 atom stereocenters.